The zero-order valence-corrected chi connectivity index (χ0v) is 12.3. The molecule has 21 heavy (non-hydrogen) atoms. The smallest absolute Gasteiger partial charge is 0.141 e. The summed E-state index contributed by atoms with van der Waals surface area (Å²) in [5.41, 5.74) is 1.91. The molecule has 1 aliphatic rings. The Kier molecular flexibility index (Phi) is 3.33. The van der Waals surface area contributed by atoms with Gasteiger partial charge in [0.2, 0.25) is 0 Å². The molecule has 3 aromatic rings. The topological polar surface area (TPSA) is 62.8 Å². The highest BCUT2D eigenvalue weighted by Gasteiger charge is 2.19. The molecule has 0 radical (unpaired) electrons. The zero-order chi connectivity index (χ0) is 14.1. The van der Waals surface area contributed by atoms with Crippen LogP contribution in [-0.2, 0) is 0 Å². The number of rotatable bonds is 3. The van der Waals surface area contributed by atoms with Crippen LogP contribution in [0, 0.1) is 0 Å². The fraction of sp³-hybridized carbons (Fsp3) is 0.333. The number of hydrogen-bond acceptors (Lipinski definition) is 5. The second-order valence-corrected chi connectivity index (χ2v) is 6.05. The number of aromatic amines is 1. The van der Waals surface area contributed by atoms with E-state index in [2.05, 4.69) is 20.3 Å². The number of hydrogen-bond donors (Lipinski definition) is 2. The van der Waals surface area contributed by atoms with Crippen molar-refractivity contribution in [2.45, 2.75) is 18.9 Å². The summed E-state index contributed by atoms with van der Waals surface area (Å²) in [6.07, 6.45) is 8.04. The van der Waals surface area contributed by atoms with E-state index in [1.807, 2.05) is 23.8 Å². The van der Waals surface area contributed by atoms with Gasteiger partial charge in [-0.1, -0.05) is 0 Å². The Morgan fingerprint density at radius 3 is 3.10 bits per heavy atom. The molecule has 4 rings (SSSR count). The first kappa shape index (κ1) is 12.8. The number of aromatic nitrogens is 3. The molecular weight excluding hydrogens is 284 g/mol. The minimum absolute atomic E-state index is 0.225. The molecule has 3 aromatic heterocycles. The molecule has 0 spiro atoms. The van der Waals surface area contributed by atoms with Gasteiger partial charge in [-0.2, -0.15) is 0 Å². The van der Waals surface area contributed by atoms with Crippen LogP contribution in [-0.4, -0.2) is 34.1 Å². The number of thiazole rings is 1. The quantitative estimate of drug-likeness (QED) is 0.781. The maximum absolute atomic E-state index is 6.22. The van der Waals surface area contributed by atoms with Crippen LogP contribution in [0.15, 0.2) is 30.0 Å². The maximum Gasteiger partial charge on any atom is 0.141 e. The van der Waals surface area contributed by atoms with Crippen molar-refractivity contribution in [2.24, 2.45) is 0 Å². The highest BCUT2D eigenvalue weighted by atomic mass is 32.1. The number of ether oxygens (including phenoxy) is 1. The van der Waals surface area contributed by atoms with Crippen LogP contribution in [0.3, 0.4) is 0 Å². The van der Waals surface area contributed by atoms with Gasteiger partial charge in [-0.05, 0) is 25.5 Å². The van der Waals surface area contributed by atoms with E-state index in [1.54, 1.807) is 17.5 Å². The Labute approximate surface area is 126 Å². The monoisotopic (exact) mass is 300 g/mol. The van der Waals surface area contributed by atoms with Crippen molar-refractivity contribution < 1.29 is 4.74 Å². The van der Waals surface area contributed by atoms with E-state index in [9.17, 15) is 0 Å². The SMILES string of the molecule is c1csc(-c2c[nH]c3nccc(O[C@@H]4CCCNC4)c23)n1. The number of H-pyrrole nitrogens is 1. The van der Waals surface area contributed by atoms with Gasteiger partial charge in [0.25, 0.3) is 0 Å². The van der Waals surface area contributed by atoms with Gasteiger partial charge in [0.1, 0.15) is 22.5 Å². The Hall–Kier alpha value is -1.92. The van der Waals surface area contributed by atoms with E-state index >= 15 is 0 Å². The van der Waals surface area contributed by atoms with Crippen molar-refractivity contribution in [3.63, 3.8) is 0 Å². The first-order valence-corrected chi connectivity index (χ1v) is 8.03. The molecule has 1 atom stereocenters. The Morgan fingerprint density at radius 2 is 2.29 bits per heavy atom. The molecule has 0 saturated carbocycles. The molecule has 1 saturated heterocycles. The molecule has 0 unspecified atom stereocenters. The molecule has 1 fully saturated rings. The molecule has 2 N–H and O–H groups in total. The van der Waals surface area contributed by atoms with Crippen LogP contribution in [0.25, 0.3) is 21.6 Å². The van der Waals surface area contributed by atoms with Gasteiger partial charge in [0.05, 0.1) is 5.39 Å². The lowest BCUT2D eigenvalue weighted by molar-refractivity contribution is 0.169. The van der Waals surface area contributed by atoms with Crippen LogP contribution in [0.4, 0.5) is 0 Å². The van der Waals surface area contributed by atoms with Gasteiger partial charge >= 0.3 is 0 Å². The largest absolute Gasteiger partial charge is 0.488 e. The van der Waals surface area contributed by atoms with Gasteiger partial charge in [-0.15, -0.1) is 11.3 Å². The summed E-state index contributed by atoms with van der Waals surface area (Å²) in [4.78, 5) is 12.0. The average Bonchev–Trinajstić information content (AvgIpc) is 3.17. The van der Waals surface area contributed by atoms with E-state index in [-0.39, 0.29) is 6.10 Å². The molecule has 5 nitrogen and oxygen atoms in total. The normalized spacial score (nSPS) is 19.0. The van der Waals surface area contributed by atoms with Gasteiger partial charge < -0.3 is 15.0 Å². The fourth-order valence-corrected chi connectivity index (χ4v) is 3.41. The summed E-state index contributed by atoms with van der Waals surface area (Å²) in [6.45, 7) is 1.99. The van der Waals surface area contributed by atoms with Crippen LogP contribution in [0.1, 0.15) is 12.8 Å². The highest BCUT2D eigenvalue weighted by Crippen LogP contribution is 2.35. The van der Waals surface area contributed by atoms with Crippen molar-refractivity contribution in [2.75, 3.05) is 13.1 Å². The summed E-state index contributed by atoms with van der Waals surface area (Å²) < 4.78 is 6.22. The standard InChI is InChI=1S/C15H16N4OS/c1-2-10(8-16-4-1)20-12-3-5-17-14-13(12)11(9-19-14)15-18-6-7-21-15/h3,5-7,9-10,16H,1-2,4,8H2,(H,17,19)/t10-/m1/s1. The second kappa shape index (κ2) is 5.46. The second-order valence-electron chi connectivity index (χ2n) is 5.16. The van der Waals surface area contributed by atoms with Gasteiger partial charge in [0, 0.05) is 36.1 Å². The minimum Gasteiger partial charge on any atom is -0.488 e. The van der Waals surface area contributed by atoms with Crippen molar-refractivity contribution in [3.8, 4) is 16.3 Å². The van der Waals surface area contributed by atoms with Crippen LogP contribution in [0.2, 0.25) is 0 Å². The third kappa shape index (κ3) is 2.41. The molecular formula is C15H16N4OS. The van der Waals surface area contributed by atoms with E-state index in [4.69, 9.17) is 4.74 Å². The third-order valence-electron chi connectivity index (χ3n) is 3.74. The van der Waals surface area contributed by atoms with Gasteiger partial charge in [-0.25, -0.2) is 9.97 Å². The van der Waals surface area contributed by atoms with Crippen molar-refractivity contribution in [1.29, 1.82) is 0 Å². The van der Waals surface area contributed by atoms with E-state index in [0.29, 0.717) is 0 Å². The number of nitrogens with zero attached hydrogens (tertiary/aromatic N) is 2. The zero-order valence-electron chi connectivity index (χ0n) is 11.5. The fourth-order valence-electron chi connectivity index (χ4n) is 2.75. The third-order valence-corrected chi connectivity index (χ3v) is 4.55. The average molecular weight is 300 g/mol. The Morgan fingerprint density at radius 1 is 1.29 bits per heavy atom. The number of fused-ring (bicyclic) bond motifs is 1. The summed E-state index contributed by atoms with van der Waals surface area (Å²) in [6, 6.07) is 1.95. The molecule has 1 aliphatic heterocycles. The van der Waals surface area contributed by atoms with Gasteiger partial charge in [-0.3, -0.25) is 0 Å². The van der Waals surface area contributed by atoms with Crippen molar-refractivity contribution >= 4 is 22.4 Å². The van der Waals surface area contributed by atoms with Crippen LogP contribution < -0.4 is 10.1 Å². The lowest BCUT2D eigenvalue weighted by atomic mass is 10.1. The lowest BCUT2D eigenvalue weighted by Crippen LogP contribution is -2.37. The molecule has 0 amide bonds. The van der Waals surface area contributed by atoms with Gasteiger partial charge in [0.15, 0.2) is 0 Å². The summed E-state index contributed by atoms with van der Waals surface area (Å²) >= 11 is 1.62. The molecule has 6 heteroatoms. The summed E-state index contributed by atoms with van der Waals surface area (Å²) in [7, 11) is 0. The molecule has 0 bridgehead atoms. The van der Waals surface area contributed by atoms with Crippen molar-refractivity contribution in [1.82, 2.24) is 20.3 Å². The predicted molar refractivity (Wildman–Crippen MR) is 83.7 cm³/mol. The maximum atomic E-state index is 6.22. The number of piperidine rings is 1. The Bertz CT molecular complexity index is 731. The highest BCUT2D eigenvalue weighted by molar-refractivity contribution is 7.13. The molecule has 4 heterocycles. The summed E-state index contributed by atoms with van der Waals surface area (Å²) in [5, 5.41) is 7.38. The summed E-state index contributed by atoms with van der Waals surface area (Å²) in [5.74, 6) is 0.889. The predicted octanol–water partition coefficient (Wildman–Crippen LogP) is 2.82. The number of nitrogens with one attached hydrogen (secondary N) is 2. The van der Waals surface area contributed by atoms with E-state index in [0.717, 1.165) is 53.3 Å². The van der Waals surface area contributed by atoms with Crippen molar-refractivity contribution in [3.05, 3.63) is 30.0 Å². The molecule has 0 aromatic carbocycles. The first-order chi connectivity index (χ1) is 10.4. The molecule has 108 valence electrons. The minimum atomic E-state index is 0.225. The first-order valence-electron chi connectivity index (χ1n) is 7.15. The van der Waals surface area contributed by atoms with E-state index < -0.39 is 0 Å². The van der Waals surface area contributed by atoms with Crippen LogP contribution in [0.5, 0.6) is 5.75 Å². The van der Waals surface area contributed by atoms with E-state index in [1.165, 1.54) is 0 Å². The Balaban J connectivity index is 1.75. The molecule has 0 aliphatic carbocycles. The van der Waals surface area contributed by atoms with Crippen LogP contribution >= 0.6 is 11.3 Å². The lowest BCUT2D eigenvalue weighted by Gasteiger charge is -2.24. The number of pyridine rings is 1.